The Morgan fingerprint density at radius 2 is 2.10 bits per heavy atom. The van der Waals surface area contributed by atoms with Crippen molar-refractivity contribution in [3.63, 3.8) is 0 Å². The van der Waals surface area contributed by atoms with Crippen LogP contribution in [0.15, 0.2) is 22.7 Å². The average Bonchev–Trinajstić information content (AvgIpc) is 2.61. The Balaban J connectivity index is 2.12. The topological polar surface area (TPSA) is 32.7 Å². The number of hydrogen-bond acceptors (Lipinski definition) is 3. The van der Waals surface area contributed by atoms with Crippen LogP contribution in [0.3, 0.4) is 0 Å². The van der Waals surface area contributed by atoms with E-state index in [1.165, 1.54) is 0 Å². The molecule has 1 saturated heterocycles. The summed E-state index contributed by atoms with van der Waals surface area (Å²) in [5.41, 5.74) is 0.449. The monoisotopic (exact) mass is 355 g/mol. The molecule has 1 aromatic rings. The first-order valence-corrected chi connectivity index (χ1v) is 8.52. The van der Waals surface area contributed by atoms with Gasteiger partial charge < -0.3 is 14.7 Å². The van der Waals surface area contributed by atoms with E-state index in [0.717, 1.165) is 48.1 Å². The summed E-state index contributed by atoms with van der Waals surface area (Å²) in [4.78, 5) is 2.45. The van der Waals surface area contributed by atoms with Gasteiger partial charge in [-0.2, -0.15) is 0 Å². The van der Waals surface area contributed by atoms with Gasteiger partial charge in [-0.05, 0) is 63.4 Å². The number of nitrogens with zero attached hydrogens (tertiary/aromatic N) is 1. The Morgan fingerprint density at radius 3 is 2.76 bits per heavy atom. The molecule has 2 rings (SSSR count). The third-order valence-electron chi connectivity index (χ3n) is 4.44. The molecule has 4 heteroatoms. The van der Waals surface area contributed by atoms with Crippen molar-refractivity contribution in [3.8, 4) is 5.75 Å². The lowest BCUT2D eigenvalue weighted by atomic mass is 9.87. The minimum Gasteiger partial charge on any atom is -0.496 e. The van der Waals surface area contributed by atoms with Gasteiger partial charge in [0.2, 0.25) is 0 Å². The molecule has 3 nitrogen and oxygen atoms in total. The number of aliphatic hydroxyl groups is 1. The highest BCUT2D eigenvalue weighted by Crippen LogP contribution is 2.32. The van der Waals surface area contributed by atoms with Crippen LogP contribution in [0.1, 0.15) is 38.7 Å². The fourth-order valence-corrected chi connectivity index (χ4v) is 3.54. The van der Waals surface area contributed by atoms with Crippen molar-refractivity contribution in [1.29, 1.82) is 0 Å². The molecule has 1 fully saturated rings. The first-order chi connectivity index (χ1) is 9.93. The number of likely N-dealkylation sites (tertiary alicyclic amines) is 1. The molecule has 0 spiro atoms. The lowest BCUT2D eigenvalue weighted by Gasteiger charge is -2.29. The predicted molar refractivity (Wildman–Crippen MR) is 89.9 cm³/mol. The van der Waals surface area contributed by atoms with E-state index in [4.69, 9.17) is 4.74 Å². The van der Waals surface area contributed by atoms with Gasteiger partial charge in [-0.25, -0.2) is 0 Å². The molecule has 0 aliphatic carbocycles. The molecule has 0 bridgehead atoms. The Kier molecular flexibility index (Phi) is 5.69. The molecule has 1 unspecified atom stereocenters. The van der Waals surface area contributed by atoms with E-state index in [2.05, 4.69) is 40.7 Å². The van der Waals surface area contributed by atoms with Crippen LogP contribution < -0.4 is 4.74 Å². The van der Waals surface area contributed by atoms with Gasteiger partial charge in [-0.1, -0.05) is 15.9 Å². The van der Waals surface area contributed by atoms with Gasteiger partial charge in [0.15, 0.2) is 0 Å². The van der Waals surface area contributed by atoms with Gasteiger partial charge in [0.25, 0.3) is 0 Å². The van der Waals surface area contributed by atoms with E-state index in [1.54, 1.807) is 7.11 Å². The van der Waals surface area contributed by atoms with Crippen molar-refractivity contribution in [2.45, 2.75) is 51.2 Å². The smallest absolute Gasteiger partial charge is 0.122 e. The molecular weight excluding hydrogens is 330 g/mol. The summed E-state index contributed by atoms with van der Waals surface area (Å²) in [7, 11) is 1.68. The molecule has 21 heavy (non-hydrogen) atoms. The minimum absolute atomic E-state index is 0.549. The van der Waals surface area contributed by atoms with Crippen LogP contribution in [0.25, 0.3) is 0 Å². The van der Waals surface area contributed by atoms with Crippen LogP contribution in [0.4, 0.5) is 0 Å². The standard InChI is InChI=1S/C17H26BrNO2/c1-13(2)19-9-4-7-17(20,8-10-19)12-14-11-15(18)5-6-16(14)21-3/h5-6,11,13,20H,4,7-10,12H2,1-3H3. The highest BCUT2D eigenvalue weighted by Gasteiger charge is 2.31. The summed E-state index contributed by atoms with van der Waals surface area (Å²) < 4.78 is 6.46. The van der Waals surface area contributed by atoms with Gasteiger partial charge in [0.1, 0.15) is 5.75 Å². The largest absolute Gasteiger partial charge is 0.496 e. The van der Waals surface area contributed by atoms with Gasteiger partial charge in [-0.3, -0.25) is 0 Å². The van der Waals surface area contributed by atoms with Crippen molar-refractivity contribution < 1.29 is 9.84 Å². The van der Waals surface area contributed by atoms with Crippen LogP contribution in [0.5, 0.6) is 5.75 Å². The third kappa shape index (κ3) is 4.44. The van der Waals surface area contributed by atoms with E-state index < -0.39 is 5.60 Å². The Morgan fingerprint density at radius 1 is 1.33 bits per heavy atom. The van der Waals surface area contributed by atoms with Gasteiger partial charge in [0, 0.05) is 23.5 Å². The number of ether oxygens (including phenoxy) is 1. The fourth-order valence-electron chi connectivity index (χ4n) is 3.13. The summed E-state index contributed by atoms with van der Waals surface area (Å²) in [5.74, 6) is 0.858. The van der Waals surface area contributed by atoms with Crippen LogP contribution >= 0.6 is 15.9 Å². The Hall–Kier alpha value is -0.580. The van der Waals surface area contributed by atoms with Crippen LogP contribution in [-0.4, -0.2) is 41.8 Å². The van der Waals surface area contributed by atoms with E-state index in [-0.39, 0.29) is 0 Å². The van der Waals surface area contributed by atoms with Crippen LogP contribution in [-0.2, 0) is 6.42 Å². The zero-order valence-electron chi connectivity index (χ0n) is 13.2. The summed E-state index contributed by atoms with van der Waals surface area (Å²) in [6, 6.07) is 6.54. The second-order valence-corrected chi connectivity index (χ2v) is 7.26. The van der Waals surface area contributed by atoms with Crippen LogP contribution in [0, 0.1) is 0 Å². The lowest BCUT2D eigenvalue weighted by molar-refractivity contribution is 0.0243. The third-order valence-corrected chi connectivity index (χ3v) is 4.94. The quantitative estimate of drug-likeness (QED) is 0.894. The predicted octanol–water partition coefficient (Wildman–Crippen LogP) is 3.63. The molecular formula is C17H26BrNO2. The summed E-state index contributed by atoms with van der Waals surface area (Å²) in [6.45, 7) is 6.49. The van der Waals surface area contributed by atoms with Gasteiger partial charge in [-0.15, -0.1) is 0 Å². The van der Waals surface area contributed by atoms with Gasteiger partial charge in [0.05, 0.1) is 12.7 Å². The molecule has 1 N–H and O–H groups in total. The zero-order valence-corrected chi connectivity index (χ0v) is 14.8. The van der Waals surface area contributed by atoms with E-state index >= 15 is 0 Å². The second kappa shape index (κ2) is 7.12. The number of rotatable bonds is 4. The van der Waals surface area contributed by atoms with Crippen molar-refractivity contribution in [1.82, 2.24) is 4.90 Å². The Bertz CT molecular complexity index is 478. The number of hydrogen-bond donors (Lipinski definition) is 1. The number of methoxy groups -OCH3 is 1. The maximum Gasteiger partial charge on any atom is 0.122 e. The molecule has 0 saturated carbocycles. The van der Waals surface area contributed by atoms with Crippen molar-refractivity contribution in [3.05, 3.63) is 28.2 Å². The van der Waals surface area contributed by atoms with Crippen LogP contribution in [0.2, 0.25) is 0 Å². The molecule has 0 radical (unpaired) electrons. The first kappa shape index (κ1) is 16.8. The number of halogens is 1. The minimum atomic E-state index is -0.627. The molecule has 1 heterocycles. The highest BCUT2D eigenvalue weighted by atomic mass is 79.9. The molecule has 1 aromatic carbocycles. The maximum absolute atomic E-state index is 11.0. The van der Waals surface area contributed by atoms with E-state index in [9.17, 15) is 5.11 Å². The van der Waals surface area contributed by atoms with E-state index in [1.807, 2.05) is 12.1 Å². The van der Waals surface area contributed by atoms with Crippen molar-refractivity contribution in [2.75, 3.05) is 20.2 Å². The molecule has 1 atom stereocenters. The van der Waals surface area contributed by atoms with Crippen molar-refractivity contribution >= 4 is 15.9 Å². The summed E-state index contributed by atoms with van der Waals surface area (Å²) in [5, 5.41) is 11.0. The molecule has 0 amide bonds. The van der Waals surface area contributed by atoms with E-state index in [0.29, 0.717) is 12.5 Å². The summed E-state index contributed by atoms with van der Waals surface area (Å²) in [6.07, 6.45) is 3.37. The van der Waals surface area contributed by atoms with Gasteiger partial charge >= 0.3 is 0 Å². The molecule has 118 valence electrons. The lowest BCUT2D eigenvalue weighted by Crippen LogP contribution is -2.35. The zero-order chi connectivity index (χ0) is 15.5. The molecule has 1 aliphatic heterocycles. The maximum atomic E-state index is 11.0. The Labute approximate surface area is 136 Å². The SMILES string of the molecule is COc1ccc(Br)cc1CC1(O)CCCN(C(C)C)CC1. The molecule has 0 aromatic heterocycles. The normalized spacial score (nSPS) is 24.1. The summed E-state index contributed by atoms with van der Waals surface area (Å²) >= 11 is 3.51. The van der Waals surface area contributed by atoms with Crippen molar-refractivity contribution in [2.24, 2.45) is 0 Å². The second-order valence-electron chi connectivity index (χ2n) is 6.34. The molecule has 1 aliphatic rings. The number of benzene rings is 1. The average molecular weight is 356 g/mol. The highest BCUT2D eigenvalue weighted by molar-refractivity contribution is 9.10. The first-order valence-electron chi connectivity index (χ1n) is 7.72. The fraction of sp³-hybridized carbons (Fsp3) is 0.647.